The largest absolute Gasteiger partial charge is 0.300 e. The first-order valence-corrected chi connectivity index (χ1v) is 7.63. The van der Waals surface area contributed by atoms with E-state index in [-0.39, 0.29) is 0 Å². The molecule has 0 aromatic heterocycles. The fourth-order valence-corrected chi connectivity index (χ4v) is 3.18. The van der Waals surface area contributed by atoms with Crippen molar-refractivity contribution in [1.29, 1.82) is 0 Å². The highest BCUT2D eigenvalue weighted by atomic mass is 16.1. The Morgan fingerprint density at radius 2 is 1.89 bits per heavy atom. The highest BCUT2D eigenvalue weighted by molar-refractivity contribution is 5.79. The number of benzene rings is 1. The van der Waals surface area contributed by atoms with E-state index in [4.69, 9.17) is 0 Å². The van der Waals surface area contributed by atoms with Gasteiger partial charge in [-0.2, -0.15) is 0 Å². The van der Waals surface area contributed by atoms with E-state index in [0.717, 1.165) is 19.3 Å². The maximum absolute atomic E-state index is 11.6. The summed E-state index contributed by atoms with van der Waals surface area (Å²) in [7, 11) is 0. The number of hydrogen-bond acceptors (Lipinski definition) is 1. The summed E-state index contributed by atoms with van der Waals surface area (Å²) < 4.78 is 0. The van der Waals surface area contributed by atoms with E-state index in [2.05, 4.69) is 44.2 Å². The number of Topliss-reactive ketones (excluding diaryl/α,β-unsaturated/α-hetero) is 1. The predicted molar refractivity (Wildman–Crippen MR) is 80.1 cm³/mol. The fourth-order valence-electron chi connectivity index (χ4n) is 3.18. The molecule has 0 aliphatic heterocycles. The molecule has 0 N–H and O–H groups in total. The molecule has 2 rings (SSSR count). The van der Waals surface area contributed by atoms with Crippen LogP contribution in [0.25, 0.3) is 0 Å². The van der Waals surface area contributed by atoms with E-state index in [1.54, 1.807) is 0 Å². The first-order valence-electron chi connectivity index (χ1n) is 7.63. The smallest absolute Gasteiger partial charge is 0.133 e. The van der Waals surface area contributed by atoms with Crippen molar-refractivity contribution in [2.75, 3.05) is 0 Å². The summed E-state index contributed by atoms with van der Waals surface area (Å²) in [5.74, 6) is 1.08. The summed E-state index contributed by atoms with van der Waals surface area (Å²) >= 11 is 0. The second kappa shape index (κ2) is 6.36. The number of carbonyl (C=O) groups excluding carboxylic acids is 1. The summed E-state index contributed by atoms with van der Waals surface area (Å²) in [6, 6.07) is 10.7. The normalized spacial score (nSPS) is 22.4. The molecule has 1 aromatic carbocycles. The van der Waals surface area contributed by atoms with Crippen LogP contribution >= 0.6 is 0 Å². The highest BCUT2D eigenvalue weighted by Crippen LogP contribution is 2.41. The number of ketones is 1. The molecule has 1 aliphatic carbocycles. The Bertz CT molecular complexity index is 405. The molecule has 0 spiro atoms. The predicted octanol–water partition coefficient (Wildman–Crippen LogP) is 4.79. The van der Waals surface area contributed by atoms with Gasteiger partial charge in [-0.05, 0) is 42.6 Å². The molecule has 0 bridgehead atoms. The molecule has 19 heavy (non-hydrogen) atoms. The second-order valence-electron chi connectivity index (χ2n) is 6.66. The van der Waals surface area contributed by atoms with Crippen LogP contribution in [0.5, 0.6) is 0 Å². The molecule has 1 heteroatoms. The maximum atomic E-state index is 11.6. The maximum Gasteiger partial charge on any atom is 0.133 e. The van der Waals surface area contributed by atoms with Gasteiger partial charge in [0, 0.05) is 12.8 Å². The summed E-state index contributed by atoms with van der Waals surface area (Å²) in [5.41, 5.74) is 1.79. The van der Waals surface area contributed by atoms with Gasteiger partial charge in [-0.15, -0.1) is 0 Å². The Morgan fingerprint density at radius 1 is 1.16 bits per heavy atom. The lowest BCUT2D eigenvalue weighted by molar-refractivity contribution is -0.124. The standard InChI is InChI=1S/C18H26O/c1-18(2)13-12-17(19)14-16(18)11-7-6-10-15-8-4-3-5-9-15/h3-5,8-9,16H,6-7,10-14H2,1-2H3. The minimum Gasteiger partial charge on any atom is -0.300 e. The zero-order chi connectivity index (χ0) is 13.7. The molecule has 0 saturated heterocycles. The fraction of sp³-hybridized carbons (Fsp3) is 0.611. The summed E-state index contributed by atoms with van der Waals surface area (Å²) in [6.07, 6.45) is 7.57. The van der Waals surface area contributed by atoms with Crippen molar-refractivity contribution in [3.63, 3.8) is 0 Å². The zero-order valence-electron chi connectivity index (χ0n) is 12.3. The summed E-state index contributed by atoms with van der Waals surface area (Å²) in [4.78, 5) is 11.6. The van der Waals surface area contributed by atoms with Gasteiger partial charge in [0.2, 0.25) is 0 Å². The molecule has 0 amide bonds. The Hall–Kier alpha value is -1.11. The van der Waals surface area contributed by atoms with Crippen molar-refractivity contribution >= 4 is 5.78 Å². The number of rotatable bonds is 5. The summed E-state index contributed by atoms with van der Waals surface area (Å²) in [6.45, 7) is 4.67. The van der Waals surface area contributed by atoms with Gasteiger partial charge in [0.05, 0.1) is 0 Å². The Labute approximate surface area is 117 Å². The molecule has 1 nitrogen and oxygen atoms in total. The molecule has 0 heterocycles. The van der Waals surface area contributed by atoms with Gasteiger partial charge in [0.1, 0.15) is 5.78 Å². The molecule has 1 aliphatic rings. The van der Waals surface area contributed by atoms with Crippen LogP contribution in [-0.4, -0.2) is 5.78 Å². The first-order chi connectivity index (χ1) is 9.08. The third-order valence-electron chi connectivity index (χ3n) is 4.74. The molecule has 1 fully saturated rings. The molecule has 1 saturated carbocycles. The van der Waals surface area contributed by atoms with E-state index in [1.165, 1.54) is 31.2 Å². The van der Waals surface area contributed by atoms with Crippen molar-refractivity contribution in [2.24, 2.45) is 11.3 Å². The minimum atomic E-state index is 0.362. The summed E-state index contributed by atoms with van der Waals surface area (Å²) in [5, 5.41) is 0. The number of unbranched alkanes of at least 4 members (excludes halogenated alkanes) is 1. The van der Waals surface area contributed by atoms with E-state index < -0.39 is 0 Å². The van der Waals surface area contributed by atoms with E-state index in [9.17, 15) is 4.79 Å². The van der Waals surface area contributed by atoms with E-state index in [1.807, 2.05) is 0 Å². The number of hydrogen-bond donors (Lipinski definition) is 0. The van der Waals surface area contributed by atoms with Crippen LogP contribution in [0.3, 0.4) is 0 Å². The lowest BCUT2D eigenvalue weighted by atomic mass is 9.67. The van der Waals surface area contributed by atoms with Crippen molar-refractivity contribution < 1.29 is 4.79 Å². The average Bonchev–Trinajstić information content (AvgIpc) is 2.40. The zero-order valence-corrected chi connectivity index (χ0v) is 12.3. The van der Waals surface area contributed by atoms with Crippen molar-refractivity contribution in [3.8, 4) is 0 Å². The molecular formula is C18H26O. The third kappa shape index (κ3) is 4.19. The lowest BCUT2D eigenvalue weighted by Crippen LogP contribution is -2.32. The Balaban J connectivity index is 1.74. The van der Waals surface area contributed by atoms with Crippen LogP contribution < -0.4 is 0 Å². The van der Waals surface area contributed by atoms with E-state index in [0.29, 0.717) is 17.1 Å². The molecule has 1 atom stereocenters. The molecular weight excluding hydrogens is 232 g/mol. The van der Waals surface area contributed by atoms with Gasteiger partial charge in [-0.1, -0.05) is 50.6 Å². The van der Waals surface area contributed by atoms with Crippen molar-refractivity contribution in [1.82, 2.24) is 0 Å². The third-order valence-corrected chi connectivity index (χ3v) is 4.74. The molecule has 1 unspecified atom stereocenters. The van der Waals surface area contributed by atoms with Gasteiger partial charge in [0.25, 0.3) is 0 Å². The van der Waals surface area contributed by atoms with Crippen LogP contribution in [0.2, 0.25) is 0 Å². The average molecular weight is 258 g/mol. The monoisotopic (exact) mass is 258 g/mol. The van der Waals surface area contributed by atoms with Crippen molar-refractivity contribution in [3.05, 3.63) is 35.9 Å². The van der Waals surface area contributed by atoms with E-state index >= 15 is 0 Å². The van der Waals surface area contributed by atoms with Gasteiger partial charge in [-0.3, -0.25) is 4.79 Å². The topological polar surface area (TPSA) is 17.1 Å². The molecule has 1 aromatic rings. The minimum absolute atomic E-state index is 0.362. The molecule has 104 valence electrons. The van der Waals surface area contributed by atoms with Gasteiger partial charge in [0.15, 0.2) is 0 Å². The van der Waals surface area contributed by atoms with Crippen LogP contribution in [0.1, 0.15) is 57.9 Å². The van der Waals surface area contributed by atoms with Crippen LogP contribution in [0.15, 0.2) is 30.3 Å². The Kier molecular flexibility index (Phi) is 4.79. The molecule has 0 radical (unpaired) electrons. The van der Waals surface area contributed by atoms with Crippen LogP contribution in [-0.2, 0) is 11.2 Å². The number of carbonyl (C=O) groups is 1. The number of aryl methyl sites for hydroxylation is 1. The van der Waals surface area contributed by atoms with Crippen molar-refractivity contribution in [2.45, 2.75) is 58.8 Å². The van der Waals surface area contributed by atoms with Gasteiger partial charge in [-0.25, -0.2) is 0 Å². The van der Waals surface area contributed by atoms with Crippen LogP contribution in [0, 0.1) is 11.3 Å². The second-order valence-corrected chi connectivity index (χ2v) is 6.66. The van der Waals surface area contributed by atoms with Gasteiger partial charge >= 0.3 is 0 Å². The van der Waals surface area contributed by atoms with Gasteiger partial charge < -0.3 is 0 Å². The Morgan fingerprint density at radius 3 is 2.63 bits per heavy atom. The van der Waals surface area contributed by atoms with Crippen LogP contribution in [0.4, 0.5) is 0 Å². The SMILES string of the molecule is CC1(C)CCC(=O)CC1CCCCc1ccccc1. The quantitative estimate of drug-likeness (QED) is 0.694. The lowest BCUT2D eigenvalue weighted by Gasteiger charge is -2.38. The first kappa shape index (κ1) is 14.3. The highest BCUT2D eigenvalue weighted by Gasteiger charge is 2.34.